The summed E-state index contributed by atoms with van der Waals surface area (Å²) in [7, 11) is 2.02. The van der Waals surface area contributed by atoms with Crippen LogP contribution in [-0.2, 0) is 6.54 Å². The first kappa shape index (κ1) is 14.1. The molecule has 0 amide bonds. The second-order valence-electron chi connectivity index (χ2n) is 4.50. The van der Waals surface area contributed by atoms with Crippen LogP contribution in [0.2, 0.25) is 10.0 Å². The zero-order valence-electron chi connectivity index (χ0n) is 9.73. The second-order valence-corrected chi connectivity index (χ2v) is 5.58. The first-order chi connectivity index (χ1) is 7.38. The van der Waals surface area contributed by atoms with Crippen LogP contribution in [-0.4, -0.2) is 23.4 Å². The van der Waals surface area contributed by atoms with E-state index in [1.54, 1.807) is 0 Å². The molecule has 1 nitrogen and oxygen atoms in total. The standard InChI is InChI=1S/C12H16Cl3N/c1-12(2,8-13)16(3)7-9-10(14)5-4-6-11(9)15/h4-6H,7-8H2,1-3H3. The number of hydrogen-bond donors (Lipinski definition) is 0. The van der Waals surface area contributed by atoms with Gasteiger partial charge in [-0.05, 0) is 33.0 Å². The van der Waals surface area contributed by atoms with Gasteiger partial charge in [0, 0.05) is 33.6 Å². The van der Waals surface area contributed by atoms with Gasteiger partial charge in [-0.3, -0.25) is 4.90 Å². The highest BCUT2D eigenvalue weighted by molar-refractivity contribution is 6.35. The van der Waals surface area contributed by atoms with Crippen molar-refractivity contribution in [1.82, 2.24) is 4.90 Å². The molecule has 0 aromatic heterocycles. The molecule has 1 aromatic carbocycles. The quantitative estimate of drug-likeness (QED) is 0.737. The van der Waals surface area contributed by atoms with Crippen LogP contribution in [0.25, 0.3) is 0 Å². The van der Waals surface area contributed by atoms with Gasteiger partial charge in [0.25, 0.3) is 0 Å². The van der Waals surface area contributed by atoms with Crippen molar-refractivity contribution in [3.63, 3.8) is 0 Å². The first-order valence-corrected chi connectivity index (χ1v) is 6.37. The van der Waals surface area contributed by atoms with Crippen molar-refractivity contribution in [3.8, 4) is 0 Å². The van der Waals surface area contributed by atoms with Crippen molar-refractivity contribution in [2.45, 2.75) is 25.9 Å². The van der Waals surface area contributed by atoms with Crippen LogP contribution in [0.15, 0.2) is 18.2 Å². The van der Waals surface area contributed by atoms with Crippen molar-refractivity contribution in [2.24, 2.45) is 0 Å². The molecule has 4 heteroatoms. The third-order valence-corrected chi connectivity index (χ3v) is 4.18. The Labute approximate surface area is 112 Å². The molecule has 1 aromatic rings. The molecule has 1 rings (SSSR count). The van der Waals surface area contributed by atoms with Crippen LogP contribution < -0.4 is 0 Å². The number of halogens is 3. The van der Waals surface area contributed by atoms with E-state index < -0.39 is 0 Å². The van der Waals surface area contributed by atoms with Crippen LogP contribution in [0.1, 0.15) is 19.4 Å². The van der Waals surface area contributed by atoms with Crippen molar-refractivity contribution in [2.75, 3.05) is 12.9 Å². The SMILES string of the molecule is CN(Cc1c(Cl)cccc1Cl)C(C)(C)CCl. The Morgan fingerprint density at radius 3 is 2.12 bits per heavy atom. The summed E-state index contributed by atoms with van der Waals surface area (Å²) in [6.45, 7) is 4.87. The van der Waals surface area contributed by atoms with Gasteiger partial charge >= 0.3 is 0 Å². The predicted molar refractivity (Wildman–Crippen MR) is 72.7 cm³/mol. The Bertz CT molecular complexity index is 343. The smallest absolute Gasteiger partial charge is 0.0465 e. The van der Waals surface area contributed by atoms with Gasteiger partial charge in [0.1, 0.15) is 0 Å². The van der Waals surface area contributed by atoms with E-state index in [9.17, 15) is 0 Å². The maximum Gasteiger partial charge on any atom is 0.0465 e. The van der Waals surface area contributed by atoms with Gasteiger partial charge in [-0.1, -0.05) is 29.3 Å². The van der Waals surface area contributed by atoms with Crippen LogP contribution in [0.5, 0.6) is 0 Å². The molecule has 0 unspecified atom stereocenters. The summed E-state index contributed by atoms with van der Waals surface area (Å²) in [6, 6.07) is 5.55. The lowest BCUT2D eigenvalue weighted by Crippen LogP contribution is -2.42. The van der Waals surface area contributed by atoms with Gasteiger partial charge in [0.05, 0.1) is 0 Å². The van der Waals surface area contributed by atoms with Gasteiger partial charge < -0.3 is 0 Å². The largest absolute Gasteiger partial charge is 0.296 e. The first-order valence-electron chi connectivity index (χ1n) is 5.08. The number of rotatable bonds is 4. The van der Waals surface area contributed by atoms with Crippen LogP contribution in [0.4, 0.5) is 0 Å². The molecule has 0 spiro atoms. The summed E-state index contributed by atoms with van der Waals surface area (Å²) in [6.07, 6.45) is 0. The van der Waals surface area contributed by atoms with Gasteiger partial charge in [0.2, 0.25) is 0 Å². The molecule has 0 radical (unpaired) electrons. The van der Waals surface area contributed by atoms with E-state index >= 15 is 0 Å². The summed E-state index contributed by atoms with van der Waals surface area (Å²) in [5.41, 5.74) is 0.871. The van der Waals surface area contributed by atoms with Crippen molar-refractivity contribution in [3.05, 3.63) is 33.8 Å². The lowest BCUT2D eigenvalue weighted by molar-refractivity contribution is 0.171. The minimum atomic E-state index is -0.0793. The van der Waals surface area contributed by atoms with Gasteiger partial charge in [0.15, 0.2) is 0 Å². The maximum atomic E-state index is 6.12. The Kier molecular flexibility index (Phi) is 4.93. The van der Waals surface area contributed by atoms with E-state index in [2.05, 4.69) is 18.7 Å². The molecule has 0 saturated carbocycles. The molecule has 0 fully saturated rings. The topological polar surface area (TPSA) is 3.24 Å². The van der Waals surface area contributed by atoms with Crippen molar-refractivity contribution >= 4 is 34.8 Å². The van der Waals surface area contributed by atoms with E-state index in [-0.39, 0.29) is 5.54 Å². The molecule has 0 heterocycles. The Morgan fingerprint density at radius 2 is 1.69 bits per heavy atom. The minimum absolute atomic E-state index is 0.0793. The molecule has 90 valence electrons. The molecular weight excluding hydrogens is 264 g/mol. The lowest BCUT2D eigenvalue weighted by Gasteiger charge is -2.34. The highest BCUT2D eigenvalue weighted by atomic mass is 35.5. The zero-order valence-corrected chi connectivity index (χ0v) is 12.0. The zero-order chi connectivity index (χ0) is 12.3. The van der Waals surface area contributed by atoms with E-state index in [1.165, 1.54) is 0 Å². The normalized spacial score (nSPS) is 12.2. The summed E-state index contributed by atoms with van der Waals surface area (Å²) < 4.78 is 0. The van der Waals surface area contributed by atoms with E-state index in [0.29, 0.717) is 22.5 Å². The summed E-state index contributed by atoms with van der Waals surface area (Å²) in [5.74, 6) is 0.561. The Hall–Kier alpha value is 0.0500. The third kappa shape index (κ3) is 3.27. The number of benzene rings is 1. The van der Waals surface area contributed by atoms with E-state index in [0.717, 1.165) is 5.56 Å². The molecule has 16 heavy (non-hydrogen) atoms. The number of nitrogens with zero attached hydrogens (tertiary/aromatic N) is 1. The highest BCUT2D eigenvalue weighted by Crippen LogP contribution is 2.27. The predicted octanol–water partition coefficient (Wildman–Crippen LogP) is 4.44. The van der Waals surface area contributed by atoms with Crippen molar-refractivity contribution < 1.29 is 0 Å². The molecule has 0 N–H and O–H groups in total. The average Bonchev–Trinajstić information content (AvgIpc) is 2.23. The van der Waals surface area contributed by atoms with Crippen LogP contribution in [0.3, 0.4) is 0 Å². The van der Waals surface area contributed by atoms with Gasteiger partial charge in [-0.25, -0.2) is 0 Å². The Balaban J connectivity index is 2.89. The molecule has 0 bridgehead atoms. The summed E-state index contributed by atoms with van der Waals surface area (Å²) in [5, 5.41) is 1.40. The monoisotopic (exact) mass is 279 g/mol. The van der Waals surface area contributed by atoms with Crippen LogP contribution >= 0.6 is 34.8 Å². The van der Waals surface area contributed by atoms with Gasteiger partial charge in [-0.2, -0.15) is 0 Å². The second kappa shape index (κ2) is 5.59. The molecule has 0 aliphatic rings. The summed E-state index contributed by atoms with van der Waals surface area (Å²) in [4.78, 5) is 2.15. The van der Waals surface area contributed by atoms with E-state index in [1.807, 2.05) is 25.2 Å². The fourth-order valence-corrected chi connectivity index (χ4v) is 1.96. The molecule has 0 aliphatic carbocycles. The highest BCUT2D eigenvalue weighted by Gasteiger charge is 2.23. The van der Waals surface area contributed by atoms with Crippen molar-refractivity contribution in [1.29, 1.82) is 0 Å². The average molecular weight is 281 g/mol. The van der Waals surface area contributed by atoms with Gasteiger partial charge in [-0.15, -0.1) is 11.6 Å². The lowest BCUT2D eigenvalue weighted by atomic mass is 10.1. The van der Waals surface area contributed by atoms with Crippen LogP contribution in [0, 0.1) is 0 Å². The molecule has 0 atom stereocenters. The fourth-order valence-electron chi connectivity index (χ4n) is 1.24. The molecule has 0 aliphatic heterocycles. The Morgan fingerprint density at radius 1 is 1.19 bits per heavy atom. The number of hydrogen-bond acceptors (Lipinski definition) is 1. The number of alkyl halides is 1. The molecular formula is C12H16Cl3N. The molecule has 0 saturated heterocycles. The third-order valence-electron chi connectivity index (χ3n) is 2.82. The maximum absolute atomic E-state index is 6.12. The summed E-state index contributed by atoms with van der Waals surface area (Å²) >= 11 is 18.2. The van der Waals surface area contributed by atoms with E-state index in [4.69, 9.17) is 34.8 Å². The minimum Gasteiger partial charge on any atom is -0.296 e. The fraction of sp³-hybridized carbons (Fsp3) is 0.500.